The van der Waals surface area contributed by atoms with Crippen molar-refractivity contribution in [3.8, 4) is 0 Å². The van der Waals surface area contributed by atoms with Gasteiger partial charge >= 0.3 is 0 Å². The van der Waals surface area contributed by atoms with E-state index in [1.54, 1.807) is 0 Å². The van der Waals surface area contributed by atoms with E-state index in [4.69, 9.17) is 0 Å². The summed E-state index contributed by atoms with van der Waals surface area (Å²) in [7, 11) is -3.10. The van der Waals surface area contributed by atoms with Gasteiger partial charge in [0, 0.05) is 19.6 Å². The maximum atomic E-state index is 10.9. The van der Waals surface area contributed by atoms with Gasteiger partial charge in [0.15, 0.2) is 5.96 Å². The molecule has 0 aromatic heterocycles. The SMILES string of the molecule is CCNC(=NCc1ccccc1)NCCCNS(C)(=O)=O. The van der Waals surface area contributed by atoms with Crippen molar-refractivity contribution in [2.24, 2.45) is 4.99 Å². The molecule has 0 amide bonds. The Balaban J connectivity index is 2.35. The molecule has 0 aliphatic rings. The van der Waals surface area contributed by atoms with Crippen molar-refractivity contribution in [3.05, 3.63) is 35.9 Å². The molecule has 21 heavy (non-hydrogen) atoms. The Bertz CT molecular complexity index is 529. The van der Waals surface area contributed by atoms with Gasteiger partial charge in [0.05, 0.1) is 12.8 Å². The normalized spacial score (nSPS) is 12.2. The van der Waals surface area contributed by atoms with E-state index in [2.05, 4.69) is 20.3 Å². The summed E-state index contributed by atoms with van der Waals surface area (Å²) < 4.78 is 24.3. The van der Waals surface area contributed by atoms with E-state index in [1.807, 2.05) is 37.3 Å². The van der Waals surface area contributed by atoms with Crippen LogP contribution in [0.15, 0.2) is 35.3 Å². The van der Waals surface area contributed by atoms with Gasteiger partial charge in [0.1, 0.15) is 0 Å². The smallest absolute Gasteiger partial charge is 0.208 e. The highest BCUT2D eigenvalue weighted by atomic mass is 32.2. The average Bonchev–Trinajstić information content (AvgIpc) is 2.44. The highest BCUT2D eigenvalue weighted by molar-refractivity contribution is 7.88. The van der Waals surface area contributed by atoms with Crippen LogP contribution in [0.5, 0.6) is 0 Å². The van der Waals surface area contributed by atoms with E-state index in [0.29, 0.717) is 26.1 Å². The zero-order valence-corrected chi connectivity index (χ0v) is 13.4. The summed E-state index contributed by atoms with van der Waals surface area (Å²) in [6.07, 6.45) is 1.86. The lowest BCUT2D eigenvalue weighted by Crippen LogP contribution is -2.38. The first kappa shape index (κ1) is 17.5. The molecule has 0 atom stereocenters. The maximum Gasteiger partial charge on any atom is 0.208 e. The fraction of sp³-hybridized carbons (Fsp3) is 0.500. The molecule has 0 heterocycles. The third-order valence-corrected chi connectivity index (χ3v) is 3.35. The van der Waals surface area contributed by atoms with Crippen LogP contribution in [0.3, 0.4) is 0 Å². The minimum Gasteiger partial charge on any atom is -0.357 e. The Morgan fingerprint density at radius 2 is 1.86 bits per heavy atom. The average molecular weight is 312 g/mol. The van der Waals surface area contributed by atoms with Gasteiger partial charge in [-0.1, -0.05) is 30.3 Å². The largest absolute Gasteiger partial charge is 0.357 e. The lowest BCUT2D eigenvalue weighted by atomic mass is 10.2. The van der Waals surface area contributed by atoms with E-state index >= 15 is 0 Å². The molecule has 7 heteroatoms. The molecule has 0 aliphatic heterocycles. The minimum atomic E-state index is -3.10. The number of aliphatic imine (C=N–C) groups is 1. The number of nitrogens with one attached hydrogen (secondary N) is 3. The zero-order chi connectivity index (χ0) is 15.6. The molecule has 6 nitrogen and oxygen atoms in total. The first-order valence-electron chi connectivity index (χ1n) is 7.02. The number of rotatable bonds is 8. The monoisotopic (exact) mass is 312 g/mol. The number of benzene rings is 1. The molecule has 0 saturated heterocycles. The van der Waals surface area contributed by atoms with E-state index in [-0.39, 0.29) is 0 Å². The Hall–Kier alpha value is -1.60. The van der Waals surface area contributed by atoms with Crippen LogP contribution in [-0.4, -0.2) is 40.3 Å². The molecule has 1 aromatic carbocycles. The van der Waals surface area contributed by atoms with Crippen molar-refractivity contribution in [2.75, 3.05) is 25.9 Å². The quantitative estimate of drug-likeness (QED) is 0.374. The fourth-order valence-electron chi connectivity index (χ4n) is 1.65. The van der Waals surface area contributed by atoms with Crippen LogP contribution >= 0.6 is 0 Å². The summed E-state index contributed by atoms with van der Waals surface area (Å²) in [6, 6.07) is 10.0. The molecule has 0 unspecified atom stereocenters. The Morgan fingerprint density at radius 3 is 2.48 bits per heavy atom. The van der Waals surface area contributed by atoms with Gasteiger partial charge in [-0.2, -0.15) is 0 Å². The molecule has 118 valence electrons. The second kappa shape index (κ2) is 9.36. The van der Waals surface area contributed by atoms with Gasteiger partial charge in [-0.25, -0.2) is 18.1 Å². The Labute approximate surface area is 127 Å². The van der Waals surface area contributed by atoms with Gasteiger partial charge in [0.2, 0.25) is 10.0 Å². The molecule has 0 radical (unpaired) electrons. The maximum absolute atomic E-state index is 10.9. The molecule has 0 aliphatic carbocycles. The molecule has 3 N–H and O–H groups in total. The molecular weight excluding hydrogens is 288 g/mol. The van der Waals surface area contributed by atoms with Gasteiger partial charge in [-0.3, -0.25) is 0 Å². The van der Waals surface area contributed by atoms with Crippen LogP contribution in [0.4, 0.5) is 0 Å². The van der Waals surface area contributed by atoms with Gasteiger partial charge in [0.25, 0.3) is 0 Å². The van der Waals surface area contributed by atoms with Crippen LogP contribution in [0.2, 0.25) is 0 Å². The third-order valence-electron chi connectivity index (χ3n) is 2.62. The van der Waals surface area contributed by atoms with Crippen LogP contribution in [-0.2, 0) is 16.6 Å². The lowest BCUT2D eigenvalue weighted by molar-refractivity contribution is 0.584. The summed E-state index contributed by atoms with van der Waals surface area (Å²) in [5.74, 6) is 0.737. The van der Waals surface area contributed by atoms with E-state index in [1.165, 1.54) is 0 Å². The van der Waals surface area contributed by atoms with Gasteiger partial charge in [-0.15, -0.1) is 0 Å². The van der Waals surface area contributed by atoms with E-state index < -0.39 is 10.0 Å². The third kappa shape index (κ3) is 9.04. The zero-order valence-electron chi connectivity index (χ0n) is 12.6. The predicted molar refractivity (Wildman–Crippen MR) is 86.7 cm³/mol. The number of nitrogens with zero attached hydrogens (tertiary/aromatic N) is 1. The van der Waals surface area contributed by atoms with Gasteiger partial charge < -0.3 is 10.6 Å². The van der Waals surface area contributed by atoms with Crippen molar-refractivity contribution < 1.29 is 8.42 Å². The minimum absolute atomic E-state index is 0.421. The Kier molecular flexibility index (Phi) is 7.78. The highest BCUT2D eigenvalue weighted by Crippen LogP contribution is 1.99. The number of guanidine groups is 1. The molecule has 1 rings (SSSR count). The van der Waals surface area contributed by atoms with Crippen LogP contribution in [0, 0.1) is 0 Å². The summed E-state index contributed by atoms with van der Waals surface area (Å²) in [5.41, 5.74) is 1.15. The van der Waals surface area contributed by atoms with E-state index in [0.717, 1.165) is 24.3 Å². The second-order valence-electron chi connectivity index (χ2n) is 4.63. The second-order valence-corrected chi connectivity index (χ2v) is 6.46. The van der Waals surface area contributed by atoms with Crippen molar-refractivity contribution in [2.45, 2.75) is 19.9 Å². The topological polar surface area (TPSA) is 82.6 Å². The summed E-state index contributed by atoms with van der Waals surface area (Å²) >= 11 is 0. The summed E-state index contributed by atoms with van der Waals surface area (Å²) in [6.45, 7) is 4.47. The number of hydrogen-bond donors (Lipinski definition) is 3. The molecule has 0 bridgehead atoms. The van der Waals surface area contributed by atoms with Crippen molar-refractivity contribution in [1.82, 2.24) is 15.4 Å². The lowest BCUT2D eigenvalue weighted by Gasteiger charge is -2.11. The van der Waals surface area contributed by atoms with Crippen molar-refractivity contribution >= 4 is 16.0 Å². The highest BCUT2D eigenvalue weighted by Gasteiger charge is 2.00. The molecule has 1 aromatic rings. The first-order valence-corrected chi connectivity index (χ1v) is 8.91. The van der Waals surface area contributed by atoms with E-state index in [9.17, 15) is 8.42 Å². The van der Waals surface area contributed by atoms with Crippen molar-refractivity contribution in [3.63, 3.8) is 0 Å². The predicted octanol–water partition coefficient (Wildman–Crippen LogP) is 0.681. The number of hydrogen-bond acceptors (Lipinski definition) is 3. The standard InChI is InChI=1S/C14H24N4O2S/c1-3-15-14(16-10-7-11-18-21(2,19)20)17-12-13-8-5-4-6-9-13/h4-6,8-9,18H,3,7,10-12H2,1-2H3,(H2,15,16,17). The fourth-order valence-corrected chi connectivity index (χ4v) is 2.16. The molecule has 0 spiro atoms. The first-order chi connectivity index (χ1) is 10.0. The van der Waals surface area contributed by atoms with Crippen LogP contribution in [0.1, 0.15) is 18.9 Å². The van der Waals surface area contributed by atoms with Crippen LogP contribution in [0.25, 0.3) is 0 Å². The number of sulfonamides is 1. The summed E-state index contributed by atoms with van der Waals surface area (Å²) in [4.78, 5) is 4.49. The Morgan fingerprint density at radius 1 is 1.14 bits per heavy atom. The van der Waals surface area contributed by atoms with Crippen LogP contribution < -0.4 is 15.4 Å². The molecule has 0 saturated carbocycles. The molecule has 0 fully saturated rings. The summed E-state index contributed by atoms with van der Waals surface area (Å²) in [5, 5.41) is 6.34. The van der Waals surface area contributed by atoms with Gasteiger partial charge in [-0.05, 0) is 18.9 Å². The van der Waals surface area contributed by atoms with Crippen molar-refractivity contribution in [1.29, 1.82) is 0 Å². The molecular formula is C14H24N4O2S.